The summed E-state index contributed by atoms with van der Waals surface area (Å²) in [5, 5.41) is 3.38. The van der Waals surface area contributed by atoms with Crippen LogP contribution in [0.25, 0.3) is 0 Å². The van der Waals surface area contributed by atoms with Crippen molar-refractivity contribution in [2.45, 2.75) is 53.0 Å². The van der Waals surface area contributed by atoms with E-state index in [9.17, 15) is 4.79 Å². The molecule has 0 aromatic carbocycles. The first kappa shape index (κ1) is 16.2. The minimum absolute atomic E-state index is 0.251. The Labute approximate surface area is 106 Å². The molecule has 0 saturated carbocycles. The number of esters is 1. The number of methoxy groups -OCH3 is 1. The molecule has 0 aliphatic heterocycles. The Hall–Kier alpha value is -0.830. The lowest BCUT2D eigenvalue weighted by Gasteiger charge is -2.13. The second-order valence-corrected chi connectivity index (χ2v) is 5.01. The van der Waals surface area contributed by atoms with Crippen LogP contribution in [0.3, 0.4) is 0 Å². The van der Waals surface area contributed by atoms with Gasteiger partial charge in [0.1, 0.15) is 0 Å². The van der Waals surface area contributed by atoms with Gasteiger partial charge in [0.2, 0.25) is 0 Å². The number of hydrogen-bond donors (Lipinski definition) is 1. The van der Waals surface area contributed by atoms with Gasteiger partial charge in [-0.15, -0.1) is 0 Å². The van der Waals surface area contributed by atoms with Gasteiger partial charge in [0, 0.05) is 18.2 Å². The number of ether oxygens (including phenoxy) is 1. The first-order chi connectivity index (χ1) is 7.97. The van der Waals surface area contributed by atoms with Crippen LogP contribution in [-0.2, 0) is 9.53 Å². The highest BCUT2D eigenvalue weighted by molar-refractivity contribution is 5.87. The lowest BCUT2D eigenvalue weighted by Crippen LogP contribution is -2.26. The van der Waals surface area contributed by atoms with Crippen LogP contribution in [0, 0.1) is 5.92 Å². The van der Waals surface area contributed by atoms with Gasteiger partial charge in [-0.3, -0.25) is 0 Å². The van der Waals surface area contributed by atoms with E-state index in [2.05, 4.69) is 30.8 Å². The summed E-state index contributed by atoms with van der Waals surface area (Å²) in [4.78, 5) is 11.1. The van der Waals surface area contributed by atoms with Crippen LogP contribution >= 0.6 is 0 Å². The molecular formula is C14H27NO2. The van der Waals surface area contributed by atoms with Crippen LogP contribution in [0.5, 0.6) is 0 Å². The lowest BCUT2D eigenvalue weighted by atomic mass is 10.0. The van der Waals surface area contributed by atoms with Crippen molar-refractivity contribution in [1.29, 1.82) is 0 Å². The smallest absolute Gasteiger partial charge is 0.333 e. The zero-order valence-electron chi connectivity index (χ0n) is 11.9. The van der Waals surface area contributed by atoms with Crippen LogP contribution in [0.2, 0.25) is 0 Å². The molecule has 1 atom stereocenters. The first-order valence-electron chi connectivity index (χ1n) is 6.45. The molecule has 0 bridgehead atoms. The Bertz CT molecular complexity index is 247. The zero-order chi connectivity index (χ0) is 13.3. The van der Waals surface area contributed by atoms with Crippen LogP contribution < -0.4 is 5.32 Å². The number of hydrogen-bond acceptors (Lipinski definition) is 3. The minimum atomic E-state index is -0.251. The van der Waals surface area contributed by atoms with Gasteiger partial charge >= 0.3 is 5.97 Å². The fourth-order valence-corrected chi connectivity index (χ4v) is 1.59. The highest BCUT2D eigenvalue weighted by atomic mass is 16.5. The Kier molecular flexibility index (Phi) is 8.78. The fraction of sp³-hybridized carbons (Fsp3) is 0.786. The summed E-state index contributed by atoms with van der Waals surface area (Å²) in [7, 11) is 1.40. The Morgan fingerprint density at radius 2 is 1.94 bits per heavy atom. The summed E-state index contributed by atoms with van der Waals surface area (Å²) in [6, 6.07) is 0.496. The number of carbonyl (C=O) groups excluding carboxylic acids is 1. The van der Waals surface area contributed by atoms with E-state index in [-0.39, 0.29) is 5.97 Å². The third-order valence-electron chi connectivity index (χ3n) is 2.80. The van der Waals surface area contributed by atoms with Crippen molar-refractivity contribution in [3.63, 3.8) is 0 Å². The van der Waals surface area contributed by atoms with Crippen molar-refractivity contribution in [3.05, 3.63) is 11.6 Å². The molecule has 0 saturated heterocycles. The van der Waals surface area contributed by atoms with Gasteiger partial charge in [-0.05, 0) is 26.2 Å². The average molecular weight is 241 g/mol. The summed E-state index contributed by atoms with van der Waals surface area (Å²) >= 11 is 0. The number of nitrogens with one attached hydrogen (secondary N) is 1. The van der Waals surface area contributed by atoms with Gasteiger partial charge in [-0.2, -0.15) is 0 Å². The highest BCUT2D eigenvalue weighted by Crippen LogP contribution is 2.08. The van der Waals surface area contributed by atoms with E-state index >= 15 is 0 Å². The molecule has 0 radical (unpaired) electrons. The van der Waals surface area contributed by atoms with Crippen molar-refractivity contribution in [2.24, 2.45) is 5.92 Å². The van der Waals surface area contributed by atoms with E-state index in [0.717, 1.165) is 12.5 Å². The van der Waals surface area contributed by atoms with Crippen LogP contribution in [0.15, 0.2) is 11.6 Å². The van der Waals surface area contributed by atoms with Gasteiger partial charge in [-0.25, -0.2) is 4.79 Å². The Morgan fingerprint density at radius 3 is 2.47 bits per heavy atom. The minimum Gasteiger partial charge on any atom is -0.466 e. The number of rotatable bonds is 8. The normalized spacial score (nSPS) is 13.9. The molecule has 3 nitrogen and oxygen atoms in total. The molecule has 0 aliphatic carbocycles. The van der Waals surface area contributed by atoms with Crippen molar-refractivity contribution >= 4 is 5.97 Å². The second kappa shape index (κ2) is 9.23. The standard InChI is InChI=1S/C14H27NO2/c1-11(2)7-6-8-13(4)15-10-9-12(3)14(16)17-5/h9,11,13,15H,6-8,10H2,1-5H3. The topological polar surface area (TPSA) is 38.3 Å². The van der Waals surface area contributed by atoms with E-state index in [1.54, 1.807) is 6.92 Å². The van der Waals surface area contributed by atoms with E-state index in [1.165, 1.54) is 26.4 Å². The molecule has 100 valence electrons. The average Bonchev–Trinajstić information content (AvgIpc) is 2.27. The predicted molar refractivity (Wildman–Crippen MR) is 71.9 cm³/mol. The molecule has 0 aliphatic rings. The summed E-state index contributed by atoms with van der Waals surface area (Å²) < 4.78 is 4.63. The monoisotopic (exact) mass is 241 g/mol. The van der Waals surface area contributed by atoms with Gasteiger partial charge in [0.25, 0.3) is 0 Å². The largest absolute Gasteiger partial charge is 0.466 e. The van der Waals surface area contributed by atoms with E-state index in [1.807, 2.05) is 6.08 Å². The van der Waals surface area contributed by atoms with Crippen LogP contribution in [0.1, 0.15) is 47.0 Å². The molecule has 0 aromatic rings. The molecule has 0 heterocycles. The van der Waals surface area contributed by atoms with Crippen LogP contribution in [-0.4, -0.2) is 25.7 Å². The summed E-state index contributed by atoms with van der Waals surface area (Å²) in [6.45, 7) is 9.18. The maximum atomic E-state index is 11.1. The third kappa shape index (κ3) is 8.93. The fourth-order valence-electron chi connectivity index (χ4n) is 1.59. The molecule has 3 heteroatoms. The SMILES string of the molecule is COC(=O)C(C)=CCNC(C)CCCC(C)C. The quantitative estimate of drug-likeness (QED) is 0.524. The maximum absolute atomic E-state index is 11.1. The molecule has 1 unspecified atom stereocenters. The maximum Gasteiger partial charge on any atom is 0.333 e. The summed E-state index contributed by atoms with van der Waals surface area (Å²) in [5.41, 5.74) is 0.661. The Morgan fingerprint density at radius 1 is 1.29 bits per heavy atom. The van der Waals surface area contributed by atoms with E-state index in [0.29, 0.717) is 11.6 Å². The summed E-state index contributed by atoms with van der Waals surface area (Å²) in [5.74, 6) is 0.530. The van der Waals surface area contributed by atoms with Crippen molar-refractivity contribution < 1.29 is 9.53 Å². The molecular weight excluding hydrogens is 214 g/mol. The van der Waals surface area contributed by atoms with Gasteiger partial charge < -0.3 is 10.1 Å². The van der Waals surface area contributed by atoms with Crippen molar-refractivity contribution in [3.8, 4) is 0 Å². The van der Waals surface area contributed by atoms with Crippen LogP contribution in [0.4, 0.5) is 0 Å². The lowest BCUT2D eigenvalue weighted by molar-refractivity contribution is -0.136. The molecule has 0 amide bonds. The van der Waals surface area contributed by atoms with E-state index in [4.69, 9.17) is 0 Å². The van der Waals surface area contributed by atoms with Gasteiger partial charge in [-0.1, -0.05) is 32.8 Å². The predicted octanol–water partition coefficient (Wildman–Crippen LogP) is 2.91. The summed E-state index contributed by atoms with van der Waals surface area (Å²) in [6.07, 6.45) is 5.60. The van der Waals surface area contributed by atoms with E-state index < -0.39 is 0 Å². The number of carbonyl (C=O) groups is 1. The molecule has 17 heavy (non-hydrogen) atoms. The van der Waals surface area contributed by atoms with Gasteiger partial charge in [0.15, 0.2) is 0 Å². The Balaban J connectivity index is 3.70. The third-order valence-corrected chi connectivity index (χ3v) is 2.80. The molecule has 0 fully saturated rings. The molecule has 1 N–H and O–H groups in total. The second-order valence-electron chi connectivity index (χ2n) is 5.01. The first-order valence-corrected chi connectivity index (χ1v) is 6.45. The van der Waals surface area contributed by atoms with Gasteiger partial charge in [0.05, 0.1) is 7.11 Å². The zero-order valence-corrected chi connectivity index (χ0v) is 11.9. The molecule has 0 aromatic heterocycles. The highest BCUT2D eigenvalue weighted by Gasteiger charge is 2.04. The molecule has 0 spiro atoms. The molecule has 0 rings (SSSR count). The van der Waals surface area contributed by atoms with Crippen molar-refractivity contribution in [1.82, 2.24) is 5.32 Å². The van der Waals surface area contributed by atoms with Crippen molar-refractivity contribution in [2.75, 3.05) is 13.7 Å².